The Hall–Kier alpha value is -2.31. The number of nitrogen functional groups attached to an aromatic ring is 1. The number of aryl methyl sites for hydroxylation is 1. The van der Waals surface area contributed by atoms with Crippen molar-refractivity contribution in [2.24, 2.45) is 0 Å². The molecule has 1 amide bonds. The smallest absolute Gasteiger partial charge is 0.244 e. The molecule has 0 aromatic carbocycles. The van der Waals surface area contributed by atoms with Crippen molar-refractivity contribution in [3.8, 4) is 0 Å². The minimum atomic E-state index is 0.0347. The van der Waals surface area contributed by atoms with Gasteiger partial charge in [0.15, 0.2) is 0 Å². The summed E-state index contributed by atoms with van der Waals surface area (Å²) in [5.41, 5.74) is 7.87. The molecular formula is C13H18N6O. The Bertz CT molecular complexity index is 643. The summed E-state index contributed by atoms with van der Waals surface area (Å²) < 4.78 is 3.74. The lowest BCUT2D eigenvalue weighted by Crippen LogP contribution is -2.42. The summed E-state index contributed by atoms with van der Waals surface area (Å²) in [6, 6.07) is 4.26. The van der Waals surface area contributed by atoms with Crippen LogP contribution in [0.2, 0.25) is 0 Å². The van der Waals surface area contributed by atoms with Crippen LogP contribution >= 0.6 is 0 Å². The van der Waals surface area contributed by atoms with Crippen LogP contribution in [0.4, 0.5) is 5.95 Å². The first kappa shape index (κ1) is 12.7. The van der Waals surface area contributed by atoms with Crippen LogP contribution in [0.5, 0.6) is 0 Å². The summed E-state index contributed by atoms with van der Waals surface area (Å²) in [6.45, 7) is 5.87. The molecule has 1 unspecified atom stereocenters. The van der Waals surface area contributed by atoms with E-state index in [1.165, 1.54) is 22.4 Å². The molecule has 20 heavy (non-hydrogen) atoms. The zero-order valence-electron chi connectivity index (χ0n) is 11.7. The lowest BCUT2D eigenvalue weighted by Gasteiger charge is -2.35. The Balaban J connectivity index is 1.76. The summed E-state index contributed by atoms with van der Waals surface area (Å²) in [5.74, 6) is 0.224. The summed E-state index contributed by atoms with van der Waals surface area (Å²) in [7, 11) is 0. The van der Waals surface area contributed by atoms with Crippen molar-refractivity contribution in [2.45, 2.75) is 33.0 Å². The maximum Gasteiger partial charge on any atom is 0.244 e. The predicted octanol–water partition coefficient (Wildman–Crippen LogP) is 0.574. The van der Waals surface area contributed by atoms with E-state index in [2.05, 4.69) is 40.6 Å². The third-order valence-corrected chi connectivity index (χ3v) is 3.86. The zero-order valence-corrected chi connectivity index (χ0v) is 11.7. The van der Waals surface area contributed by atoms with Gasteiger partial charge in [-0.25, -0.2) is 9.67 Å². The topological polar surface area (TPSA) is 82.0 Å². The molecule has 0 bridgehead atoms. The fraction of sp³-hybridized carbons (Fsp3) is 0.462. The van der Waals surface area contributed by atoms with E-state index in [4.69, 9.17) is 5.73 Å². The van der Waals surface area contributed by atoms with Crippen molar-refractivity contribution in [1.29, 1.82) is 0 Å². The van der Waals surface area contributed by atoms with Gasteiger partial charge in [-0.15, -0.1) is 5.10 Å². The molecule has 106 valence electrons. The Morgan fingerprint density at radius 1 is 1.45 bits per heavy atom. The molecular weight excluding hydrogens is 256 g/mol. The number of aromatic nitrogens is 4. The maximum absolute atomic E-state index is 12.4. The Morgan fingerprint density at radius 2 is 2.25 bits per heavy atom. The third kappa shape index (κ3) is 2.04. The molecule has 3 rings (SSSR count). The highest BCUT2D eigenvalue weighted by Crippen LogP contribution is 2.27. The van der Waals surface area contributed by atoms with Crippen LogP contribution in [-0.4, -0.2) is 36.7 Å². The van der Waals surface area contributed by atoms with E-state index < -0.39 is 0 Å². The van der Waals surface area contributed by atoms with Gasteiger partial charge in [-0.05, 0) is 26.0 Å². The molecule has 2 aromatic rings. The van der Waals surface area contributed by atoms with Gasteiger partial charge in [-0.3, -0.25) is 4.79 Å². The van der Waals surface area contributed by atoms with Gasteiger partial charge in [0.25, 0.3) is 0 Å². The number of hydrogen-bond acceptors (Lipinski definition) is 4. The first-order valence-electron chi connectivity index (χ1n) is 6.66. The van der Waals surface area contributed by atoms with Crippen molar-refractivity contribution < 1.29 is 4.79 Å². The maximum atomic E-state index is 12.4. The standard InChI is InChI=1S/C13H18N6O/c1-9-3-4-11-10(2)19(6-5-18(9)11)12(20)7-17-8-15-13(14)16-17/h3-4,8,10H,5-7H2,1-2H3,(H2,14,16). The molecule has 2 N–H and O–H groups in total. The van der Waals surface area contributed by atoms with E-state index in [1.807, 2.05) is 4.90 Å². The van der Waals surface area contributed by atoms with E-state index in [0.29, 0.717) is 6.54 Å². The zero-order chi connectivity index (χ0) is 14.3. The van der Waals surface area contributed by atoms with Crippen LogP contribution in [0, 0.1) is 6.92 Å². The number of hydrogen-bond donors (Lipinski definition) is 1. The second-order valence-electron chi connectivity index (χ2n) is 5.11. The van der Waals surface area contributed by atoms with E-state index in [-0.39, 0.29) is 24.4 Å². The van der Waals surface area contributed by atoms with Crippen molar-refractivity contribution in [2.75, 3.05) is 12.3 Å². The predicted molar refractivity (Wildman–Crippen MR) is 73.7 cm³/mol. The summed E-state index contributed by atoms with van der Waals surface area (Å²) in [4.78, 5) is 18.1. The highest BCUT2D eigenvalue weighted by molar-refractivity contribution is 5.76. The SMILES string of the molecule is Cc1ccc2n1CCN(C(=O)Cn1cnc(N)n1)C2C. The van der Waals surface area contributed by atoms with E-state index >= 15 is 0 Å². The molecule has 1 aliphatic rings. The van der Waals surface area contributed by atoms with Gasteiger partial charge >= 0.3 is 0 Å². The van der Waals surface area contributed by atoms with Gasteiger partial charge in [0.1, 0.15) is 12.9 Å². The number of fused-ring (bicyclic) bond motifs is 1. The fourth-order valence-electron chi connectivity index (χ4n) is 2.78. The van der Waals surface area contributed by atoms with Crippen LogP contribution in [-0.2, 0) is 17.9 Å². The van der Waals surface area contributed by atoms with Crippen molar-refractivity contribution in [3.63, 3.8) is 0 Å². The van der Waals surface area contributed by atoms with Gasteiger partial charge in [-0.2, -0.15) is 0 Å². The average Bonchev–Trinajstić information content (AvgIpc) is 2.97. The molecule has 0 saturated carbocycles. The van der Waals surface area contributed by atoms with Crippen LogP contribution in [0.15, 0.2) is 18.5 Å². The van der Waals surface area contributed by atoms with Crippen LogP contribution in [0.25, 0.3) is 0 Å². The second-order valence-corrected chi connectivity index (χ2v) is 5.11. The highest BCUT2D eigenvalue weighted by Gasteiger charge is 2.28. The summed E-state index contributed by atoms with van der Waals surface area (Å²) >= 11 is 0. The molecule has 1 atom stereocenters. The average molecular weight is 274 g/mol. The van der Waals surface area contributed by atoms with Crippen molar-refractivity contribution >= 4 is 11.9 Å². The highest BCUT2D eigenvalue weighted by atomic mass is 16.2. The number of rotatable bonds is 2. The number of anilines is 1. The molecule has 1 aliphatic heterocycles. The Kier molecular flexibility index (Phi) is 2.96. The normalized spacial score (nSPS) is 18.1. The van der Waals surface area contributed by atoms with Crippen molar-refractivity contribution in [3.05, 3.63) is 29.8 Å². The molecule has 0 fully saturated rings. The fourth-order valence-corrected chi connectivity index (χ4v) is 2.78. The van der Waals surface area contributed by atoms with Crippen LogP contribution < -0.4 is 5.73 Å². The lowest BCUT2D eigenvalue weighted by atomic mass is 10.1. The number of nitrogens with zero attached hydrogens (tertiary/aromatic N) is 5. The van der Waals surface area contributed by atoms with E-state index in [9.17, 15) is 4.79 Å². The number of amides is 1. The van der Waals surface area contributed by atoms with Gasteiger partial charge in [0.05, 0.1) is 6.04 Å². The molecule has 7 nitrogen and oxygen atoms in total. The van der Waals surface area contributed by atoms with Gasteiger partial charge in [0.2, 0.25) is 11.9 Å². The molecule has 7 heteroatoms. The molecule has 0 spiro atoms. The largest absolute Gasteiger partial charge is 0.367 e. The lowest BCUT2D eigenvalue weighted by molar-refractivity contribution is -0.135. The monoisotopic (exact) mass is 274 g/mol. The second kappa shape index (κ2) is 4.66. The van der Waals surface area contributed by atoms with Crippen LogP contribution in [0.3, 0.4) is 0 Å². The number of carbonyl (C=O) groups is 1. The van der Waals surface area contributed by atoms with Gasteiger partial charge in [0, 0.05) is 24.5 Å². The Morgan fingerprint density at radius 3 is 2.95 bits per heavy atom. The summed E-state index contributed by atoms with van der Waals surface area (Å²) in [5, 5.41) is 3.95. The third-order valence-electron chi connectivity index (χ3n) is 3.86. The molecule has 3 heterocycles. The first-order chi connectivity index (χ1) is 9.56. The van der Waals surface area contributed by atoms with Crippen LogP contribution in [0.1, 0.15) is 24.4 Å². The molecule has 2 aromatic heterocycles. The first-order valence-corrected chi connectivity index (χ1v) is 6.66. The quantitative estimate of drug-likeness (QED) is 0.868. The molecule has 0 aliphatic carbocycles. The van der Waals surface area contributed by atoms with Gasteiger partial charge < -0.3 is 15.2 Å². The van der Waals surface area contributed by atoms with E-state index in [1.54, 1.807) is 0 Å². The molecule has 0 radical (unpaired) electrons. The number of nitrogens with two attached hydrogens (primary N) is 1. The summed E-state index contributed by atoms with van der Waals surface area (Å²) in [6.07, 6.45) is 1.48. The Labute approximate surface area is 117 Å². The van der Waals surface area contributed by atoms with E-state index in [0.717, 1.165) is 6.54 Å². The minimum Gasteiger partial charge on any atom is -0.367 e. The van der Waals surface area contributed by atoms with Crippen molar-refractivity contribution in [1.82, 2.24) is 24.2 Å². The van der Waals surface area contributed by atoms with Gasteiger partial charge in [-0.1, -0.05) is 0 Å². The number of carbonyl (C=O) groups excluding carboxylic acids is 1. The molecule has 0 saturated heterocycles. The minimum absolute atomic E-state index is 0.0347.